The van der Waals surface area contributed by atoms with Gasteiger partial charge >= 0.3 is 143 Å². The van der Waals surface area contributed by atoms with E-state index in [0.29, 0.717) is 0 Å². The Kier molecular flexibility index (Phi) is 8.78. The summed E-state index contributed by atoms with van der Waals surface area (Å²) in [5.74, 6) is 7.32. The minimum absolute atomic E-state index is 0. The molecule has 0 saturated heterocycles. The Morgan fingerprint density at radius 2 is 1.84 bits per heavy atom. The zero-order valence-corrected chi connectivity index (χ0v) is 23.6. The molecule has 0 unspecified atom stereocenters. The molecule has 3 nitrogen and oxygen atoms in total. The van der Waals surface area contributed by atoms with Crippen LogP contribution in [0.4, 0.5) is 0 Å². The normalized spacial score (nSPS) is 11.6. The monoisotopic (exact) mass is 671 g/mol. The van der Waals surface area contributed by atoms with Gasteiger partial charge < -0.3 is 5.11 Å². The molecule has 4 aromatic rings. The predicted octanol–water partition coefficient (Wildman–Crippen LogP) is 6.50. The minimum Gasteiger partial charge on any atom is 0 e. The summed E-state index contributed by atoms with van der Waals surface area (Å²) in [5.41, 5.74) is 2.12. The fraction of sp³-hybridized carbons (Fsp3) is 0.200. The summed E-state index contributed by atoms with van der Waals surface area (Å²) in [6, 6.07) is 20.4. The molecule has 31 heavy (non-hydrogen) atoms. The molecule has 0 aliphatic rings. The number of nitrogens with zero attached hydrogens (tertiary/aromatic N) is 1. The van der Waals surface area contributed by atoms with E-state index in [1.54, 1.807) is 4.40 Å². The van der Waals surface area contributed by atoms with Crippen LogP contribution in [0, 0.1) is 6.07 Å². The van der Waals surface area contributed by atoms with Crippen LogP contribution in [-0.2, 0) is 24.9 Å². The minimum atomic E-state index is -1.90. The molecule has 0 spiro atoms. The Hall–Kier alpha value is -1.79. The summed E-state index contributed by atoms with van der Waals surface area (Å²) in [7, 11) is 0. The molecule has 2 heterocycles. The van der Waals surface area contributed by atoms with E-state index in [4.69, 9.17) is 5.11 Å². The van der Waals surface area contributed by atoms with Crippen molar-refractivity contribution in [2.45, 2.75) is 31.1 Å². The van der Waals surface area contributed by atoms with E-state index in [9.17, 15) is 4.79 Å². The van der Waals surface area contributed by atoms with Crippen LogP contribution >= 0.6 is 11.3 Å². The average Bonchev–Trinajstić information content (AvgIpc) is 3.06. The fourth-order valence-corrected chi connectivity index (χ4v) is 9.36. The number of pyridine rings is 1. The summed E-state index contributed by atoms with van der Waals surface area (Å²) in [4.78, 5) is 14.7. The molecule has 6 heteroatoms. The molecule has 0 fully saturated rings. The first kappa shape index (κ1) is 25.5. The van der Waals surface area contributed by atoms with Crippen molar-refractivity contribution in [1.29, 1.82) is 0 Å². The second-order valence-corrected chi connectivity index (χ2v) is 19.9. The number of benzene rings is 2. The maximum atomic E-state index is 10.0. The summed E-state index contributed by atoms with van der Waals surface area (Å²) in [5, 5.41) is 11.0. The van der Waals surface area contributed by atoms with Gasteiger partial charge in [-0.05, 0) is 13.8 Å². The fourth-order valence-electron chi connectivity index (χ4n) is 3.37. The molecule has 0 aliphatic heterocycles. The molecule has 1 N–H and O–H groups in total. The Morgan fingerprint density at radius 3 is 2.39 bits per heavy atom. The van der Waals surface area contributed by atoms with Crippen molar-refractivity contribution >= 4 is 55.0 Å². The van der Waals surface area contributed by atoms with Crippen LogP contribution in [0.15, 0.2) is 66.6 Å². The molecule has 0 amide bonds. The Morgan fingerprint density at radius 1 is 1.10 bits per heavy atom. The van der Waals surface area contributed by atoms with Crippen molar-refractivity contribution in [3.63, 3.8) is 0 Å². The smallest absolute Gasteiger partial charge is 0 e. The van der Waals surface area contributed by atoms with Crippen LogP contribution in [0.5, 0.6) is 0 Å². The van der Waals surface area contributed by atoms with Crippen molar-refractivity contribution in [3.8, 4) is 11.3 Å². The molecule has 1 radical (unpaired) electrons. The number of aliphatic hydroxyl groups is 1. The second kappa shape index (κ2) is 10.7. The van der Waals surface area contributed by atoms with E-state index in [0.717, 1.165) is 11.3 Å². The van der Waals surface area contributed by atoms with E-state index in [1.807, 2.05) is 29.7 Å². The first-order chi connectivity index (χ1) is 14.2. The standard InChI is InChI=1S/C20H18GeNS.C5H8O2.Ir/c1-21(2,3)16-11-7-10-15-18-17(23-20(15)16)12-13-22-19(18)14-8-5-4-6-9-14;1-4(6)3-5(2)7;/h4-8,10-13H,1-3H3;3,6H,1-2H3;/q-1;;/b;4-3-;. The number of aliphatic hydroxyl groups excluding tert-OH is 1. The van der Waals surface area contributed by atoms with Crippen LogP contribution in [0.25, 0.3) is 31.4 Å². The third-order valence-corrected chi connectivity index (χ3v) is 10.4. The average molecular weight is 669 g/mol. The Bertz CT molecular complexity index is 1220. The number of hydrogen-bond donors (Lipinski definition) is 1. The van der Waals surface area contributed by atoms with Crippen LogP contribution in [-0.4, -0.2) is 29.1 Å². The molecule has 2 aromatic heterocycles. The molecular weight excluding hydrogens is 643 g/mol. The van der Waals surface area contributed by atoms with E-state index in [-0.39, 0.29) is 31.6 Å². The van der Waals surface area contributed by atoms with E-state index in [2.05, 4.69) is 64.7 Å². The van der Waals surface area contributed by atoms with Gasteiger partial charge in [0.1, 0.15) is 0 Å². The quantitative estimate of drug-likeness (QED) is 0.117. The molecule has 0 bridgehead atoms. The first-order valence-electron chi connectivity index (χ1n) is 9.84. The summed E-state index contributed by atoms with van der Waals surface area (Å²) < 4.78 is 4.37. The molecular formula is C25H26GeIrNO2S-. The van der Waals surface area contributed by atoms with Crippen LogP contribution in [0.1, 0.15) is 13.8 Å². The van der Waals surface area contributed by atoms with Crippen molar-refractivity contribution in [2.75, 3.05) is 0 Å². The van der Waals surface area contributed by atoms with Gasteiger partial charge in [-0.25, -0.2) is 0 Å². The zero-order valence-electron chi connectivity index (χ0n) is 18.3. The number of carbonyl (C=O) groups is 1. The Labute approximate surface area is 203 Å². The predicted molar refractivity (Wildman–Crippen MR) is 131 cm³/mol. The molecule has 4 rings (SSSR count). The maximum Gasteiger partial charge on any atom is 0 e. The van der Waals surface area contributed by atoms with E-state index < -0.39 is 13.3 Å². The van der Waals surface area contributed by atoms with Gasteiger partial charge in [0, 0.05) is 26.2 Å². The number of thiophene rings is 1. The van der Waals surface area contributed by atoms with Crippen molar-refractivity contribution in [3.05, 3.63) is 72.6 Å². The number of allylic oxidation sites excluding steroid dienone is 2. The van der Waals surface area contributed by atoms with Crippen LogP contribution in [0.2, 0.25) is 17.3 Å². The SMILES string of the molecule is CC(=O)/C=C(/C)O.[CH3][Ge]([CH3])([CH3])[c]1cccc2c1sc1ccnc(-c3[c-]cccc3)c12.[Ir]. The Balaban J connectivity index is 0.000000373. The van der Waals surface area contributed by atoms with Gasteiger partial charge in [-0.3, -0.25) is 4.79 Å². The van der Waals surface area contributed by atoms with Gasteiger partial charge in [-0.2, -0.15) is 0 Å². The van der Waals surface area contributed by atoms with Gasteiger partial charge in [0.2, 0.25) is 0 Å². The van der Waals surface area contributed by atoms with Gasteiger partial charge in [0.15, 0.2) is 5.78 Å². The molecule has 163 valence electrons. The van der Waals surface area contributed by atoms with Crippen molar-refractivity contribution < 1.29 is 30.0 Å². The summed E-state index contributed by atoms with van der Waals surface area (Å²) >= 11 is 0.0144. The molecule has 0 aliphatic carbocycles. The number of fused-ring (bicyclic) bond motifs is 3. The molecule has 2 aromatic carbocycles. The zero-order chi connectivity index (χ0) is 21.9. The number of hydrogen-bond acceptors (Lipinski definition) is 4. The number of rotatable bonds is 3. The van der Waals surface area contributed by atoms with E-state index in [1.165, 1.54) is 40.1 Å². The van der Waals surface area contributed by atoms with Gasteiger partial charge in [-0.15, -0.1) is 0 Å². The van der Waals surface area contributed by atoms with Gasteiger partial charge in [-0.1, -0.05) is 0 Å². The largest absolute Gasteiger partial charge is 0 e. The third kappa shape index (κ3) is 6.13. The summed E-state index contributed by atoms with van der Waals surface area (Å²) in [6.07, 6.45) is 3.09. The third-order valence-electron chi connectivity index (χ3n) is 4.59. The van der Waals surface area contributed by atoms with Crippen molar-refractivity contribution in [2.24, 2.45) is 0 Å². The van der Waals surface area contributed by atoms with E-state index >= 15 is 0 Å². The van der Waals surface area contributed by atoms with Crippen LogP contribution in [0.3, 0.4) is 0 Å². The molecule has 0 atom stereocenters. The van der Waals surface area contributed by atoms with Gasteiger partial charge in [0.25, 0.3) is 0 Å². The maximum absolute atomic E-state index is 10.0. The number of aromatic nitrogens is 1. The topological polar surface area (TPSA) is 50.2 Å². The molecule has 0 saturated carbocycles. The second-order valence-electron chi connectivity index (χ2n) is 8.24. The first-order valence-corrected chi connectivity index (χ1v) is 18.0. The van der Waals surface area contributed by atoms with Crippen LogP contribution < -0.4 is 4.40 Å². The van der Waals surface area contributed by atoms with Crippen molar-refractivity contribution in [1.82, 2.24) is 4.98 Å². The summed E-state index contributed by atoms with van der Waals surface area (Å²) in [6.45, 7) is 2.85. The van der Waals surface area contributed by atoms with Gasteiger partial charge in [0.05, 0.1) is 5.76 Å². The number of ketones is 1. The number of carbonyl (C=O) groups excluding carboxylic acids is 1.